The summed E-state index contributed by atoms with van der Waals surface area (Å²) in [6.07, 6.45) is 5.38. The van der Waals surface area contributed by atoms with Gasteiger partial charge in [0, 0.05) is 19.1 Å². The van der Waals surface area contributed by atoms with Gasteiger partial charge in [-0.2, -0.15) is 0 Å². The summed E-state index contributed by atoms with van der Waals surface area (Å²) >= 11 is 0. The Morgan fingerprint density at radius 3 is 2.84 bits per heavy atom. The monoisotopic (exact) mass is 269 g/mol. The Bertz CT molecular complexity index is 351. The molecule has 1 saturated carbocycles. The van der Waals surface area contributed by atoms with Crippen molar-refractivity contribution in [1.29, 1.82) is 0 Å². The molecule has 1 amide bonds. The number of carbonyl (C=O) groups is 1. The maximum absolute atomic E-state index is 11.3. The topological polar surface area (TPSA) is 81.8 Å². The minimum Gasteiger partial charge on any atom is -0.459 e. The fourth-order valence-electron chi connectivity index (χ4n) is 2.82. The number of ether oxygens (including phenoxy) is 2. The number of hydrogen-bond donors (Lipinski definition) is 2. The van der Waals surface area contributed by atoms with Crippen molar-refractivity contribution in [2.75, 3.05) is 13.2 Å². The highest BCUT2D eigenvalue weighted by Gasteiger charge is 2.43. The van der Waals surface area contributed by atoms with Gasteiger partial charge in [0.15, 0.2) is 5.76 Å². The quantitative estimate of drug-likeness (QED) is 0.726. The highest BCUT2D eigenvalue weighted by molar-refractivity contribution is 5.90. The summed E-state index contributed by atoms with van der Waals surface area (Å²) in [5, 5.41) is 9.02. The van der Waals surface area contributed by atoms with Crippen LogP contribution in [-0.4, -0.2) is 30.5 Å². The highest BCUT2D eigenvalue weighted by Crippen LogP contribution is 2.46. The summed E-state index contributed by atoms with van der Waals surface area (Å²) in [6, 6.07) is 0. The van der Waals surface area contributed by atoms with E-state index in [1.165, 1.54) is 12.8 Å². The van der Waals surface area contributed by atoms with E-state index in [2.05, 4.69) is 0 Å². The molecule has 0 aromatic carbocycles. The van der Waals surface area contributed by atoms with E-state index < -0.39 is 12.2 Å². The van der Waals surface area contributed by atoms with Crippen molar-refractivity contribution in [3.63, 3.8) is 0 Å². The zero-order valence-electron chi connectivity index (χ0n) is 11.4. The predicted molar refractivity (Wildman–Crippen MR) is 69.8 cm³/mol. The van der Waals surface area contributed by atoms with E-state index in [9.17, 15) is 4.79 Å². The van der Waals surface area contributed by atoms with E-state index in [0.29, 0.717) is 12.5 Å². The van der Waals surface area contributed by atoms with Crippen molar-refractivity contribution in [3.8, 4) is 0 Å². The number of primary amides is 1. The van der Waals surface area contributed by atoms with Crippen molar-refractivity contribution in [3.05, 3.63) is 11.8 Å². The van der Waals surface area contributed by atoms with Gasteiger partial charge in [0.2, 0.25) is 6.29 Å². The lowest BCUT2D eigenvalue weighted by Crippen LogP contribution is -2.39. The van der Waals surface area contributed by atoms with Gasteiger partial charge in [-0.15, -0.1) is 0 Å². The summed E-state index contributed by atoms with van der Waals surface area (Å²) < 4.78 is 11.2. The van der Waals surface area contributed by atoms with Gasteiger partial charge in [-0.05, 0) is 50.5 Å². The molecule has 3 N–H and O–H groups in total. The van der Waals surface area contributed by atoms with E-state index in [0.717, 1.165) is 12.8 Å². The predicted octanol–water partition coefficient (Wildman–Crippen LogP) is 1.16. The number of aliphatic hydroxyl groups excluding tert-OH is 1. The largest absolute Gasteiger partial charge is 0.459 e. The van der Waals surface area contributed by atoms with Crippen LogP contribution in [0.25, 0.3) is 0 Å². The van der Waals surface area contributed by atoms with E-state index in [4.69, 9.17) is 20.3 Å². The second kappa shape index (κ2) is 6.39. The van der Waals surface area contributed by atoms with Crippen LogP contribution in [0, 0.1) is 17.8 Å². The van der Waals surface area contributed by atoms with Crippen LogP contribution in [0.1, 0.15) is 32.6 Å². The van der Waals surface area contributed by atoms with Crippen LogP contribution >= 0.6 is 0 Å². The third-order valence-corrected chi connectivity index (χ3v) is 3.87. The van der Waals surface area contributed by atoms with Gasteiger partial charge < -0.3 is 20.3 Å². The number of carbonyl (C=O) groups excluding carboxylic acids is 1. The average Bonchev–Trinajstić information content (AvgIpc) is 3.21. The lowest BCUT2D eigenvalue weighted by atomic mass is 9.82. The molecule has 5 nitrogen and oxygen atoms in total. The highest BCUT2D eigenvalue weighted by atomic mass is 16.7. The van der Waals surface area contributed by atoms with Crippen molar-refractivity contribution < 1.29 is 19.4 Å². The van der Waals surface area contributed by atoms with Crippen molar-refractivity contribution >= 4 is 5.91 Å². The van der Waals surface area contributed by atoms with Gasteiger partial charge in [-0.25, -0.2) is 0 Å². The first-order valence-electron chi connectivity index (χ1n) is 7.08. The Morgan fingerprint density at radius 1 is 1.58 bits per heavy atom. The van der Waals surface area contributed by atoms with E-state index >= 15 is 0 Å². The van der Waals surface area contributed by atoms with E-state index in [1.54, 1.807) is 0 Å². The molecule has 0 aromatic heterocycles. The second-order valence-corrected chi connectivity index (χ2v) is 5.28. The molecule has 3 atom stereocenters. The van der Waals surface area contributed by atoms with Gasteiger partial charge in [-0.3, -0.25) is 4.79 Å². The van der Waals surface area contributed by atoms with Crippen molar-refractivity contribution in [2.45, 2.75) is 38.9 Å². The smallest absolute Gasteiger partial charge is 0.283 e. The Hall–Kier alpha value is -1.07. The summed E-state index contributed by atoms with van der Waals surface area (Å²) in [5.74, 6) is 0.776. The number of hydrogen-bond acceptors (Lipinski definition) is 4. The SMILES string of the molecule is CCO[C@H]1OC(C(N)=O)=C[C@@H](C2CC2)[C@H]1CCCO. The first kappa shape index (κ1) is 14.3. The minimum atomic E-state index is -0.532. The Balaban J connectivity index is 2.16. The lowest BCUT2D eigenvalue weighted by molar-refractivity contribution is -0.172. The van der Waals surface area contributed by atoms with Crippen LogP contribution in [0.4, 0.5) is 0 Å². The number of aliphatic hydroxyl groups is 1. The number of nitrogens with two attached hydrogens (primary N) is 1. The van der Waals surface area contributed by atoms with Crippen LogP contribution in [0.2, 0.25) is 0 Å². The summed E-state index contributed by atoms with van der Waals surface area (Å²) in [6.45, 7) is 2.60. The normalized spacial score (nSPS) is 30.6. The molecule has 0 aromatic rings. The molecule has 1 fully saturated rings. The maximum Gasteiger partial charge on any atom is 0.283 e. The molecular weight excluding hydrogens is 246 g/mol. The molecule has 2 rings (SSSR count). The maximum atomic E-state index is 11.3. The molecule has 0 unspecified atom stereocenters. The molecule has 0 radical (unpaired) electrons. The average molecular weight is 269 g/mol. The standard InChI is InChI=1S/C14H23NO4/c1-2-18-14-10(4-3-7-16)11(9-5-6-9)8-12(19-14)13(15)17/h8-11,14,16H,2-7H2,1H3,(H2,15,17)/t10-,11+,14+/m1/s1. The fourth-order valence-corrected chi connectivity index (χ4v) is 2.82. The second-order valence-electron chi connectivity index (χ2n) is 5.28. The fraction of sp³-hybridized carbons (Fsp3) is 0.786. The third-order valence-electron chi connectivity index (χ3n) is 3.87. The third kappa shape index (κ3) is 3.48. The van der Waals surface area contributed by atoms with Crippen LogP contribution in [0.3, 0.4) is 0 Å². The zero-order valence-corrected chi connectivity index (χ0v) is 11.4. The molecular formula is C14H23NO4. The molecule has 1 aliphatic carbocycles. The number of rotatable bonds is 7. The van der Waals surface area contributed by atoms with Gasteiger partial charge in [0.25, 0.3) is 5.91 Å². The molecule has 1 heterocycles. The van der Waals surface area contributed by atoms with Crippen LogP contribution in [0.15, 0.2) is 11.8 Å². The molecule has 108 valence electrons. The molecule has 5 heteroatoms. The summed E-state index contributed by atoms with van der Waals surface area (Å²) in [7, 11) is 0. The van der Waals surface area contributed by atoms with Crippen LogP contribution in [0.5, 0.6) is 0 Å². The number of amides is 1. The summed E-state index contributed by atoms with van der Waals surface area (Å²) in [4.78, 5) is 11.3. The van der Waals surface area contributed by atoms with Gasteiger partial charge in [0.05, 0.1) is 0 Å². The molecule has 1 aliphatic heterocycles. The Morgan fingerprint density at radius 2 is 2.32 bits per heavy atom. The zero-order chi connectivity index (χ0) is 13.8. The number of allylic oxidation sites excluding steroid dienone is 1. The van der Waals surface area contributed by atoms with E-state index in [-0.39, 0.29) is 24.2 Å². The molecule has 0 spiro atoms. The van der Waals surface area contributed by atoms with Crippen LogP contribution < -0.4 is 5.73 Å². The summed E-state index contributed by atoms with van der Waals surface area (Å²) in [5.41, 5.74) is 5.33. The van der Waals surface area contributed by atoms with Gasteiger partial charge in [-0.1, -0.05) is 0 Å². The van der Waals surface area contributed by atoms with Gasteiger partial charge in [0.1, 0.15) is 0 Å². The van der Waals surface area contributed by atoms with Crippen molar-refractivity contribution in [2.24, 2.45) is 23.5 Å². The lowest BCUT2D eigenvalue weighted by Gasteiger charge is -2.36. The first-order chi connectivity index (χ1) is 9.17. The van der Waals surface area contributed by atoms with Crippen LogP contribution in [-0.2, 0) is 14.3 Å². The molecule has 0 bridgehead atoms. The van der Waals surface area contributed by atoms with Gasteiger partial charge >= 0.3 is 0 Å². The molecule has 19 heavy (non-hydrogen) atoms. The van der Waals surface area contributed by atoms with E-state index in [1.807, 2.05) is 13.0 Å². The minimum absolute atomic E-state index is 0.166. The Kier molecular flexibility index (Phi) is 4.82. The Labute approximate surface area is 113 Å². The van der Waals surface area contributed by atoms with Crippen molar-refractivity contribution in [1.82, 2.24) is 0 Å². The molecule has 2 aliphatic rings. The molecule has 0 saturated heterocycles. The first-order valence-corrected chi connectivity index (χ1v) is 7.08.